The summed E-state index contributed by atoms with van der Waals surface area (Å²) in [7, 11) is -3.81. The molecule has 1 heterocycles. The predicted octanol–water partition coefficient (Wildman–Crippen LogP) is 1.54. The third kappa shape index (κ3) is 3.34. The van der Waals surface area contributed by atoms with Crippen molar-refractivity contribution in [2.75, 3.05) is 13.2 Å². The van der Waals surface area contributed by atoms with Crippen LogP contribution in [0.4, 0.5) is 4.39 Å². The lowest BCUT2D eigenvalue weighted by Crippen LogP contribution is -2.43. The SMILES string of the molecule is O=S(=O)(c1cncc(F)c1)N(CCO)C1CCCCC1. The van der Waals surface area contributed by atoms with Gasteiger partial charge in [-0.3, -0.25) is 4.98 Å². The van der Waals surface area contributed by atoms with Gasteiger partial charge in [0.1, 0.15) is 10.7 Å². The normalized spacial score (nSPS) is 17.6. The summed E-state index contributed by atoms with van der Waals surface area (Å²) < 4.78 is 39.7. The number of aliphatic hydroxyl groups is 1. The van der Waals surface area contributed by atoms with Crippen LogP contribution in [0.1, 0.15) is 32.1 Å². The van der Waals surface area contributed by atoms with Gasteiger partial charge >= 0.3 is 0 Å². The second-order valence-corrected chi connectivity index (χ2v) is 6.86. The third-order valence-electron chi connectivity index (χ3n) is 3.59. The largest absolute Gasteiger partial charge is 0.395 e. The summed E-state index contributed by atoms with van der Waals surface area (Å²) in [6, 6.07) is 0.847. The standard InChI is InChI=1S/C13H19FN2O3S/c14-11-8-13(10-15-9-11)20(18,19)16(6-7-17)12-4-2-1-3-5-12/h8-10,12,17H,1-7H2. The molecule has 0 bridgehead atoms. The minimum Gasteiger partial charge on any atom is -0.395 e. The molecule has 1 aliphatic rings. The second kappa shape index (κ2) is 6.60. The van der Waals surface area contributed by atoms with E-state index in [4.69, 9.17) is 5.11 Å². The summed E-state index contributed by atoms with van der Waals surface area (Å²) in [4.78, 5) is 3.44. The minimum atomic E-state index is -3.81. The van der Waals surface area contributed by atoms with Crippen molar-refractivity contribution in [3.63, 3.8) is 0 Å². The lowest BCUT2D eigenvalue weighted by atomic mass is 9.95. The molecule has 0 amide bonds. The zero-order valence-corrected chi connectivity index (χ0v) is 12.0. The van der Waals surface area contributed by atoms with Crippen LogP contribution in [0.5, 0.6) is 0 Å². The zero-order chi connectivity index (χ0) is 14.6. The molecule has 1 fully saturated rings. The van der Waals surface area contributed by atoms with Crippen molar-refractivity contribution in [1.82, 2.24) is 9.29 Å². The van der Waals surface area contributed by atoms with Gasteiger partial charge in [0.2, 0.25) is 10.0 Å². The number of pyridine rings is 1. The smallest absolute Gasteiger partial charge is 0.245 e. The molecule has 0 saturated heterocycles. The number of hydrogen-bond acceptors (Lipinski definition) is 4. The van der Waals surface area contributed by atoms with E-state index in [-0.39, 0.29) is 24.1 Å². The van der Waals surface area contributed by atoms with Crippen molar-refractivity contribution in [1.29, 1.82) is 0 Å². The highest BCUT2D eigenvalue weighted by Crippen LogP contribution is 2.27. The topological polar surface area (TPSA) is 70.5 Å². The molecule has 1 aromatic rings. The summed E-state index contributed by atoms with van der Waals surface area (Å²) in [5.74, 6) is -0.682. The molecule has 5 nitrogen and oxygen atoms in total. The molecular weight excluding hydrogens is 283 g/mol. The number of aliphatic hydroxyl groups excluding tert-OH is 1. The quantitative estimate of drug-likeness (QED) is 0.895. The average molecular weight is 302 g/mol. The summed E-state index contributed by atoms with van der Waals surface area (Å²) in [5.41, 5.74) is 0. The Morgan fingerprint density at radius 2 is 2.00 bits per heavy atom. The van der Waals surface area contributed by atoms with E-state index in [0.29, 0.717) is 0 Å². The maximum atomic E-state index is 13.2. The monoisotopic (exact) mass is 302 g/mol. The van der Waals surface area contributed by atoms with Gasteiger partial charge < -0.3 is 5.11 Å². The van der Waals surface area contributed by atoms with E-state index in [0.717, 1.165) is 50.6 Å². The van der Waals surface area contributed by atoms with Crippen molar-refractivity contribution in [3.8, 4) is 0 Å². The molecule has 1 saturated carbocycles. The Bertz CT molecular complexity index is 544. The lowest BCUT2D eigenvalue weighted by Gasteiger charge is -2.32. The summed E-state index contributed by atoms with van der Waals surface area (Å²) in [6.45, 7) is -0.220. The number of hydrogen-bond donors (Lipinski definition) is 1. The molecule has 0 radical (unpaired) electrons. The lowest BCUT2D eigenvalue weighted by molar-refractivity contribution is 0.199. The first-order chi connectivity index (χ1) is 9.55. The maximum Gasteiger partial charge on any atom is 0.245 e. The second-order valence-electron chi connectivity index (χ2n) is 4.97. The van der Waals surface area contributed by atoms with Crippen LogP contribution in [-0.4, -0.2) is 42.0 Å². The van der Waals surface area contributed by atoms with Crippen LogP contribution in [0.25, 0.3) is 0 Å². The Balaban J connectivity index is 2.31. The molecule has 0 unspecified atom stereocenters. The Kier molecular flexibility index (Phi) is 5.06. The fourth-order valence-electron chi connectivity index (χ4n) is 2.64. The molecule has 1 N–H and O–H groups in total. The highest BCUT2D eigenvalue weighted by molar-refractivity contribution is 7.89. The van der Waals surface area contributed by atoms with Crippen LogP contribution >= 0.6 is 0 Å². The van der Waals surface area contributed by atoms with E-state index in [1.165, 1.54) is 4.31 Å². The molecule has 0 spiro atoms. The van der Waals surface area contributed by atoms with Gasteiger partial charge in [-0.25, -0.2) is 12.8 Å². The molecular formula is C13H19FN2O3S. The zero-order valence-electron chi connectivity index (χ0n) is 11.2. The molecule has 1 aliphatic carbocycles. The number of nitrogens with zero attached hydrogens (tertiary/aromatic N) is 2. The first-order valence-electron chi connectivity index (χ1n) is 6.79. The first kappa shape index (κ1) is 15.3. The third-order valence-corrected chi connectivity index (χ3v) is 5.51. The highest BCUT2D eigenvalue weighted by atomic mass is 32.2. The minimum absolute atomic E-state index is 0.0313. The molecule has 1 aromatic heterocycles. The predicted molar refractivity (Wildman–Crippen MR) is 72.0 cm³/mol. The molecule has 0 aliphatic heterocycles. The summed E-state index contributed by atoms with van der Waals surface area (Å²) >= 11 is 0. The van der Waals surface area contributed by atoms with Gasteiger partial charge in [-0.15, -0.1) is 0 Å². The van der Waals surface area contributed by atoms with Gasteiger partial charge in [0.25, 0.3) is 0 Å². The summed E-state index contributed by atoms with van der Waals surface area (Å²) in [5, 5.41) is 9.14. The Labute approximate surface area is 118 Å². The molecule has 112 valence electrons. The van der Waals surface area contributed by atoms with Gasteiger partial charge in [0.15, 0.2) is 0 Å². The molecule has 0 aromatic carbocycles. The van der Waals surface area contributed by atoms with Gasteiger partial charge in [-0.1, -0.05) is 19.3 Å². The summed E-state index contributed by atoms with van der Waals surface area (Å²) in [6.07, 6.45) is 6.73. The van der Waals surface area contributed by atoms with Crippen molar-refractivity contribution in [3.05, 3.63) is 24.3 Å². The highest BCUT2D eigenvalue weighted by Gasteiger charge is 2.32. The van der Waals surface area contributed by atoms with E-state index in [9.17, 15) is 12.8 Å². The van der Waals surface area contributed by atoms with Crippen molar-refractivity contribution >= 4 is 10.0 Å². The number of aromatic nitrogens is 1. The van der Waals surface area contributed by atoms with E-state index >= 15 is 0 Å². The Morgan fingerprint density at radius 3 is 2.60 bits per heavy atom. The van der Waals surface area contributed by atoms with Crippen LogP contribution in [-0.2, 0) is 10.0 Å². The number of rotatable bonds is 5. The van der Waals surface area contributed by atoms with E-state index in [2.05, 4.69) is 4.98 Å². The van der Waals surface area contributed by atoms with Gasteiger partial charge in [0, 0.05) is 18.8 Å². The van der Waals surface area contributed by atoms with E-state index in [1.807, 2.05) is 0 Å². The molecule has 7 heteroatoms. The first-order valence-corrected chi connectivity index (χ1v) is 8.23. The van der Waals surface area contributed by atoms with E-state index < -0.39 is 15.8 Å². The van der Waals surface area contributed by atoms with Crippen molar-refractivity contribution in [2.45, 2.75) is 43.0 Å². The van der Waals surface area contributed by atoms with Crippen LogP contribution in [0.3, 0.4) is 0 Å². The fourth-order valence-corrected chi connectivity index (χ4v) is 4.29. The van der Waals surface area contributed by atoms with Crippen molar-refractivity contribution < 1.29 is 17.9 Å². The van der Waals surface area contributed by atoms with Crippen molar-refractivity contribution in [2.24, 2.45) is 0 Å². The molecule has 20 heavy (non-hydrogen) atoms. The Morgan fingerprint density at radius 1 is 1.30 bits per heavy atom. The van der Waals surface area contributed by atoms with Gasteiger partial charge in [0.05, 0.1) is 12.8 Å². The Hall–Kier alpha value is -1.05. The van der Waals surface area contributed by atoms with Crippen LogP contribution in [0, 0.1) is 5.82 Å². The average Bonchev–Trinajstić information content (AvgIpc) is 2.45. The van der Waals surface area contributed by atoms with E-state index in [1.54, 1.807) is 0 Å². The number of halogens is 1. The fraction of sp³-hybridized carbons (Fsp3) is 0.615. The van der Waals surface area contributed by atoms with Gasteiger partial charge in [-0.2, -0.15) is 4.31 Å². The number of sulfonamides is 1. The molecule has 0 atom stereocenters. The van der Waals surface area contributed by atoms with Crippen LogP contribution < -0.4 is 0 Å². The van der Waals surface area contributed by atoms with Crippen LogP contribution in [0.2, 0.25) is 0 Å². The van der Waals surface area contributed by atoms with Gasteiger partial charge in [-0.05, 0) is 18.9 Å². The molecule has 2 rings (SSSR count). The maximum absolute atomic E-state index is 13.2. The van der Waals surface area contributed by atoms with Crippen LogP contribution in [0.15, 0.2) is 23.4 Å².